The van der Waals surface area contributed by atoms with Gasteiger partial charge in [-0.3, -0.25) is 9.78 Å². The first-order chi connectivity index (χ1) is 17.7. The average molecular weight is 481 g/mol. The van der Waals surface area contributed by atoms with Crippen LogP contribution in [0.3, 0.4) is 0 Å². The number of ether oxygens (including phenoxy) is 2. The number of aromatic nitrogens is 1. The second kappa shape index (κ2) is 13.1. The molecule has 0 radical (unpaired) electrons. The molecule has 4 rings (SSSR count). The molecule has 3 aromatic carbocycles. The van der Waals surface area contributed by atoms with Crippen molar-refractivity contribution in [1.29, 1.82) is 0 Å². The molecule has 0 unspecified atom stereocenters. The second-order valence-corrected chi connectivity index (χ2v) is 8.67. The number of carbonyl (C=O) groups excluding carboxylic acids is 1. The number of pyridine rings is 1. The first kappa shape index (κ1) is 25.0. The van der Waals surface area contributed by atoms with Crippen LogP contribution in [0.25, 0.3) is 0 Å². The molecule has 5 nitrogen and oxygen atoms in total. The summed E-state index contributed by atoms with van der Waals surface area (Å²) in [7, 11) is 1.63. The van der Waals surface area contributed by atoms with Crippen LogP contribution in [0.4, 0.5) is 0 Å². The minimum Gasteiger partial charge on any atom is -0.493 e. The van der Waals surface area contributed by atoms with Gasteiger partial charge in [-0.15, -0.1) is 0 Å². The maximum absolute atomic E-state index is 13.3. The van der Waals surface area contributed by atoms with Gasteiger partial charge in [0.25, 0.3) is 0 Å². The van der Waals surface area contributed by atoms with Gasteiger partial charge in [0.2, 0.25) is 5.91 Å². The monoisotopic (exact) mass is 480 g/mol. The first-order valence-corrected chi connectivity index (χ1v) is 12.3. The maximum Gasteiger partial charge on any atom is 0.223 e. The smallest absolute Gasteiger partial charge is 0.223 e. The lowest BCUT2D eigenvalue weighted by molar-refractivity contribution is -0.132. The fourth-order valence-electron chi connectivity index (χ4n) is 4.05. The number of benzene rings is 3. The van der Waals surface area contributed by atoms with Gasteiger partial charge < -0.3 is 14.4 Å². The highest BCUT2D eigenvalue weighted by atomic mass is 16.5. The molecule has 0 spiro atoms. The molecule has 1 amide bonds. The fraction of sp³-hybridized carbons (Fsp3) is 0.226. The van der Waals surface area contributed by atoms with Gasteiger partial charge in [-0.25, -0.2) is 0 Å². The second-order valence-electron chi connectivity index (χ2n) is 8.67. The van der Waals surface area contributed by atoms with Crippen molar-refractivity contribution in [3.63, 3.8) is 0 Å². The van der Waals surface area contributed by atoms with E-state index in [1.807, 2.05) is 89.8 Å². The number of hydrogen-bond donors (Lipinski definition) is 0. The third kappa shape index (κ3) is 7.44. The van der Waals surface area contributed by atoms with E-state index >= 15 is 0 Å². The third-order valence-electron chi connectivity index (χ3n) is 5.97. The Morgan fingerprint density at radius 1 is 0.778 bits per heavy atom. The maximum atomic E-state index is 13.3. The van der Waals surface area contributed by atoms with E-state index in [-0.39, 0.29) is 5.91 Å². The summed E-state index contributed by atoms with van der Waals surface area (Å²) in [6.45, 7) is 1.39. The van der Waals surface area contributed by atoms with Crippen LogP contribution < -0.4 is 9.47 Å². The van der Waals surface area contributed by atoms with E-state index < -0.39 is 0 Å². The minimum atomic E-state index is 0.111. The molecule has 4 aromatic rings. The molecule has 184 valence electrons. The van der Waals surface area contributed by atoms with E-state index in [9.17, 15) is 4.79 Å². The summed E-state index contributed by atoms with van der Waals surface area (Å²) in [5, 5.41) is 0. The zero-order chi connectivity index (χ0) is 25.0. The van der Waals surface area contributed by atoms with Crippen molar-refractivity contribution in [2.45, 2.75) is 39.0 Å². The van der Waals surface area contributed by atoms with Gasteiger partial charge >= 0.3 is 0 Å². The Bertz CT molecular complexity index is 1210. The molecule has 1 aromatic heterocycles. The summed E-state index contributed by atoms with van der Waals surface area (Å²) in [5.74, 6) is 1.44. The summed E-state index contributed by atoms with van der Waals surface area (Å²) in [6, 6.07) is 31.9. The van der Waals surface area contributed by atoms with Crippen molar-refractivity contribution in [3.8, 4) is 11.5 Å². The Balaban J connectivity index is 1.43. The highest BCUT2D eigenvalue weighted by Crippen LogP contribution is 2.29. The molecule has 0 bridgehead atoms. The zero-order valence-electron chi connectivity index (χ0n) is 20.7. The van der Waals surface area contributed by atoms with Crippen molar-refractivity contribution in [1.82, 2.24) is 9.88 Å². The van der Waals surface area contributed by atoms with Gasteiger partial charge in [0.1, 0.15) is 6.61 Å². The van der Waals surface area contributed by atoms with E-state index in [0.29, 0.717) is 37.6 Å². The summed E-state index contributed by atoms with van der Waals surface area (Å²) in [4.78, 5) is 19.6. The first-order valence-electron chi connectivity index (χ1n) is 12.3. The molecule has 5 heteroatoms. The van der Waals surface area contributed by atoms with Crippen LogP contribution in [-0.4, -0.2) is 22.9 Å². The topological polar surface area (TPSA) is 51.7 Å². The fourth-order valence-corrected chi connectivity index (χ4v) is 4.05. The standard InChI is InChI=1S/C31H32N2O3/c1-35-30-21-27(18-19-29(30)36-24-26-13-6-3-7-14-26)22-33(23-28-16-8-9-20-32-28)31(34)17-10-15-25-11-4-2-5-12-25/h2-9,11-14,16,18-21H,10,15,17,22-24H2,1H3. The number of hydrogen-bond acceptors (Lipinski definition) is 4. The summed E-state index contributed by atoms with van der Waals surface area (Å²) in [6.07, 6.45) is 3.93. The molecule has 0 aliphatic rings. The lowest BCUT2D eigenvalue weighted by atomic mass is 10.1. The Kier molecular flexibility index (Phi) is 9.09. The van der Waals surface area contributed by atoms with Crippen LogP contribution in [0, 0.1) is 0 Å². The van der Waals surface area contributed by atoms with E-state index in [1.54, 1.807) is 13.3 Å². The zero-order valence-corrected chi connectivity index (χ0v) is 20.7. The lowest BCUT2D eigenvalue weighted by Gasteiger charge is -2.23. The molecule has 0 aliphatic carbocycles. The Morgan fingerprint density at radius 3 is 2.19 bits per heavy atom. The van der Waals surface area contributed by atoms with Crippen molar-refractivity contribution in [2.24, 2.45) is 0 Å². The number of methoxy groups -OCH3 is 1. The van der Waals surface area contributed by atoms with Gasteiger partial charge in [0.15, 0.2) is 11.5 Å². The van der Waals surface area contributed by atoms with Gasteiger partial charge in [-0.2, -0.15) is 0 Å². The largest absolute Gasteiger partial charge is 0.493 e. The molecule has 0 atom stereocenters. The number of rotatable bonds is 12. The van der Waals surface area contributed by atoms with Crippen molar-refractivity contribution < 1.29 is 14.3 Å². The highest BCUT2D eigenvalue weighted by molar-refractivity contribution is 5.76. The molecule has 0 saturated heterocycles. The number of nitrogens with zero attached hydrogens (tertiary/aromatic N) is 2. The van der Waals surface area contributed by atoms with Gasteiger partial charge in [-0.05, 0) is 53.8 Å². The summed E-state index contributed by atoms with van der Waals surface area (Å²) in [5.41, 5.74) is 4.18. The van der Waals surface area contributed by atoms with Crippen LogP contribution in [0.2, 0.25) is 0 Å². The Labute approximate surface area is 213 Å². The molecular formula is C31H32N2O3. The number of aryl methyl sites for hydroxylation is 1. The predicted octanol–water partition coefficient (Wildman–Crippen LogP) is 6.22. The van der Waals surface area contributed by atoms with Crippen molar-refractivity contribution in [3.05, 3.63) is 126 Å². The molecular weight excluding hydrogens is 448 g/mol. The van der Waals surface area contributed by atoms with Gasteiger partial charge in [0, 0.05) is 19.2 Å². The molecule has 0 fully saturated rings. The van der Waals surface area contributed by atoms with Crippen LogP contribution >= 0.6 is 0 Å². The number of amides is 1. The molecule has 0 saturated carbocycles. The van der Waals surface area contributed by atoms with Gasteiger partial charge in [0.05, 0.1) is 19.3 Å². The molecule has 0 N–H and O–H groups in total. The average Bonchev–Trinajstić information content (AvgIpc) is 2.93. The van der Waals surface area contributed by atoms with E-state index in [4.69, 9.17) is 9.47 Å². The number of carbonyl (C=O) groups is 1. The molecule has 0 aliphatic heterocycles. The van der Waals surface area contributed by atoms with Crippen LogP contribution in [0.1, 0.15) is 35.2 Å². The van der Waals surface area contributed by atoms with Crippen LogP contribution in [0.15, 0.2) is 103 Å². The van der Waals surface area contributed by atoms with Crippen molar-refractivity contribution in [2.75, 3.05) is 7.11 Å². The van der Waals surface area contributed by atoms with E-state index in [0.717, 1.165) is 29.7 Å². The quantitative estimate of drug-likeness (QED) is 0.242. The Hall–Kier alpha value is -4.12. The SMILES string of the molecule is COc1cc(CN(Cc2ccccn2)C(=O)CCCc2ccccc2)ccc1OCc1ccccc1. The normalized spacial score (nSPS) is 10.6. The summed E-state index contributed by atoms with van der Waals surface area (Å²) < 4.78 is 11.6. The lowest BCUT2D eigenvalue weighted by Crippen LogP contribution is -2.30. The Morgan fingerprint density at radius 2 is 1.50 bits per heavy atom. The van der Waals surface area contributed by atoms with E-state index in [1.165, 1.54) is 5.56 Å². The minimum absolute atomic E-state index is 0.111. The third-order valence-corrected chi connectivity index (χ3v) is 5.97. The molecule has 36 heavy (non-hydrogen) atoms. The van der Waals surface area contributed by atoms with E-state index in [2.05, 4.69) is 17.1 Å². The summed E-state index contributed by atoms with van der Waals surface area (Å²) >= 11 is 0. The molecule has 1 heterocycles. The van der Waals surface area contributed by atoms with Crippen LogP contribution in [0.5, 0.6) is 11.5 Å². The predicted molar refractivity (Wildman–Crippen MR) is 142 cm³/mol. The van der Waals surface area contributed by atoms with Crippen molar-refractivity contribution >= 4 is 5.91 Å². The van der Waals surface area contributed by atoms with Gasteiger partial charge in [-0.1, -0.05) is 72.8 Å². The van der Waals surface area contributed by atoms with Crippen LogP contribution in [-0.2, 0) is 30.9 Å². The highest BCUT2D eigenvalue weighted by Gasteiger charge is 2.17.